The second kappa shape index (κ2) is 8.92. The zero-order valence-corrected chi connectivity index (χ0v) is 18.2. The second-order valence-electron chi connectivity index (χ2n) is 8.06. The van der Waals surface area contributed by atoms with Crippen molar-refractivity contribution in [2.24, 2.45) is 4.99 Å². The lowest BCUT2D eigenvalue weighted by Gasteiger charge is -2.32. The van der Waals surface area contributed by atoms with Gasteiger partial charge in [0.05, 0.1) is 16.1 Å². The van der Waals surface area contributed by atoms with Crippen molar-refractivity contribution in [2.45, 2.75) is 66.1 Å². The largest absolute Gasteiger partial charge is 0.494 e. The molecule has 2 rings (SSSR count). The standard InChI is InChI=1S/C21H29BN2O5/c1-8-15(2)13-18(24(25)26)14-23-16(3)27-19-11-9-17(10-12-19)22-28-20(4,5)21(6,7)29-22/h9-14H,8H2,1-7H3/b15-13+,18-14+,23-16?. The Labute approximate surface area is 172 Å². The maximum atomic E-state index is 11.1. The molecule has 0 bridgehead atoms. The van der Waals surface area contributed by atoms with Gasteiger partial charge in [-0.05, 0) is 58.6 Å². The van der Waals surface area contributed by atoms with Crippen LogP contribution in [0.1, 0.15) is 54.9 Å². The number of nitro groups is 1. The minimum atomic E-state index is -0.463. The van der Waals surface area contributed by atoms with Crippen molar-refractivity contribution < 1.29 is 19.0 Å². The lowest BCUT2D eigenvalue weighted by Crippen LogP contribution is -2.41. The Bertz CT molecular complexity index is 825. The number of nitrogens with zero attached hydrogens (tertiary/aromatic N) is 2. The summed E-state index contributed by atoms with van der Waals surface area (Å²) in [6.07, 6.45) is 3.45. The van der Waals surface area contributed by atoms with Gasteiger partial charge in [0, 0.05) is 13.0 Å². The molecule has 7 nitrogen and oxygen atoms in total. The van der Waals surface area contributed by atoms with E-state index in [0.29, 0.717) is 11.6 Å². The molecule has 156 valence electrons. The molecule has 0 unspecified atom stereocenters. The molecule has 1 fully saturated rings. The Hall–Kier alpha value is -2.45. The van der Waals surface area contributed by atoms with E-state index in [1.807, 2.05) is 53.7 Å². The summed E-state index contributed by atoms with van der Waals surface area (Å²) in [6, 6.07) is 7.32. The number of ether oxygens (including phenoxy) is 1. The molecule has 0 spiro atoms. The van der Waals surface area contributed by atoms with Crippen LogP contribution in [0.5, 0.6) is 5.75 Å². The smallest absolute Gasteiger partial charge is 0.443 e. The first-order valence-corrected chi connectivity index (χ1v) is 9.65. The molecule has 0 saturated carbocycles. The van der Waals surface area contributed by atoms with Gasteiger partial charge in [-0.25, -0.2) is 4.99 Å². The fourth-order valence-electron chi connectivity index (χ4n) is 2.52. The molecule has 1 heterocycles. The van der Waals surface area contributed by atoms with Crippen LogP contribution in [0.4, 0.5) is 0 Å². The molecule has 0 aliphatic carbocycles. The third-order valence-electron chi connectivity index (χ3n) is 5.21. The number of benzene rings is 1. The molecule has 8 heteroatoms. The Kier molecular flexibility index (Phi) is 7.03. The van der Waals surface area contributed by atoms with Crippen LogP contribution in [0.2, 0.25) is 0 Å². The zero-order chi connectivity index (χ0) is 21.8. The Morgan fingerprint density at radius 1 is 1.17 bits per heavy atom. The number of allylic oxidation sites excluding steroid dienone is 2. The van der Waals surface area contributed by atoms with Gasteiger partial charge in [-0.15, -0.1) is 0 Å². The molecule has 1 saturated heterocycles. The molecular weight excluding hydrogens is 371 g/mol. The first-order valence-electron chi connectivity index (χ1n) is 9.65. The van der Waals surface area contributed by atoms with Crippen molar-refractivity contribution in [1.82, 2.24) is 0 Å². The molecule has 0 N–H and O–H groups in total. The minimum absolute atomic E-state index is 0.0802. The van der Waals surface area contributed by atoms with Crippen molar-refractivity contribution in [2.75, 3.05) is 0 Å². The van der Waals surface area contributed by atoms with Gasteiger partial charge in [0.25, 0.3) is 5.70 Å². The van der Waals surface area contributed by atoms with E-state index in [-0.39, 0.29) is 5.70 Å². The van der Waals surface area contributed by atoms with Gasteiger partial charge >= 0.3 is 7.12 Å². The molecular formula is C21H29BN2O5. The average Bonchev–Trinajstić information content (AvgIpc) is 2.86. The van der Waals surface area contributed by atoms with Crippen molar-refractivity contribution in [3.63, 3.8) is 0 Å². The SMILES string of the molecule is CC/C(C)=C/C(=C\N=C(C)Oc1ccc(B2OC(C)(C)C(C)(C)O2)cc1)[N+](=O)[O-]. The average molecular weight is 400 g/mol. The van der Waals surface area contributed by atoms with Crippen molar-refractivity contribution in [3.8, 4) is 5.75 Å². The number of aliphatic imine (C=N–C) groups is 1. The first kappa shape index (κ1) is 22.8. The summed E-state index contributed by atoms with van der Waals surface area (Å²) in [4.78, 5) is 14.7. The monoisotopic (exact) mass is 400 g/mol. The fraction of sp³-hybridized carbons (Fsp3) is 0.476. The van der Waals surface area contributed by atoms with E-state index in [4.69, 9.17) is 14.0 Å². The molecule has 29 heavy (non-hydrogen) atoms. The van der Waals surface area contributed by atoms with Crippen LogP contribution in [-0.2, 0) is 9.31 Å². The maximum Gasteiger partial charge on any atom is 0.494 e. The van der Waals surface area contributed by atoms with Crippen LogP contribution in [0, 0.1) is 10.1 Å². The molecule has 1 aromatic carbocycles. The summed E-state index contributed by atoms with van der Waals surface area (Å²) < 4.78 is 17.7. The van der Waals surface area contributed by atoms with Gasteiger partial charge in [-0.3, -0.25) is 10.1 Å². The summed E-state index contributed by atoms with van der Waals surface area (Å²) in [6.45, 7) is 13.5. The summed E-state index contributed by atoms with van der Waals surface area (Å²) in [5.74, 6) is 0.873. The topological polar surface area (TPSA) is 83.2 Å². The summed E-state index contributed by atoms with van der Waals surface area (Å²) in [7, 11) is -0.442. The van der Waals surface area contributed by atoms with Gasteiger partial charge in [0.1, 0.15) is 11.9 Å². The van der Waals surface area contributed by atoms with E-state index in [2.05, 4.69) is 4.99 Å². The lowest BCUT2D eigenvalue weighted by atomic mass is 9.79. The predicted octanol–water partition coefficient (Wildman–Crippen LogP) is 4.26. The fourth-order valence-corrected chi connectivity index (χ4v) is 2.52. The van der Waals surface area contributed by atoms with Crippen molar-refractivity contribution in [1.29, 1.82) is 0 Å². The highest BCUT2D eigenvalue weighted by Gasteiger charge is 2.51. The summed E-state index contributed by atoms with van der Waals surface area (Å²) in [5, 5.41) is 11.1. The van der Waals surface area contributed by atoms with E-state index in [9.17, 15) is 10.1 Å². The molecule has 1 aromatic rings. The normalized spacial score (nSPS) is 19.4. The predicted molar refractivity (Wildman–Crippen MR) is 115 cm³/mol. The highest BCUT2D eigenvalue weighted by Crippen LogP contribution is 2.36. The summed E-state index contributed by atoms with van der Waals surface area (Å²) in [5.41, 5.74) is 0.911. The summed E-state index contributed by atoms with van der Waals surface area (Å²) >= 11 is 0. The van der Waals surface area contributed by atoms with E-state index >= 15 is 0 Å². The van der Waals surface area contributed by atoms with E-state index < -0.39 is 23.2 Å². The number of hydrogen-bond donors (Lipinski definition) is 0. The molecule has 0 amide bonds. The number of hydrogen-bond acceptors (Lipinski definition) is 6. The van der Waals surface area contributed by atoms with E-state index in [0.717, 1.165) is 17.5 Å². The van der Waals surface area contributed by atoms with Crippen LogP contribution in [0.3, 0.4) is 0 Å². The van der Waals surface area contributed by atoms with Crippen molar-refractivity contribution >= 4 is 18.5 Å². The molecule has 1 aliphatic heterocycles. The van der Waals surface area contributed by atoms with Crippen LogP contribution in [0.15, 0.2) is 52.8 Å². The Morgan fingerprint density at radius 3 is 2.21 bits per heavy atom. The van der Waals surface area contributed by atoms with Crippen LogP contribution in [0.25, 0.3) is 0 Å². The molecule has 1 aliphatic rings. The Morgan fingerprint density at radius 2 is 1.72 bits per heavy atom. The highest BCUT2D eigenvalue weighted by atomic mass is 16.7. The van der Waals surface area contributed by atoms with Gasteiger partial charge in [-0.2, -0.15) is 0 Å². The number of rotatable bonds is 6. The van der Waals surface area contributed by atoms with Crippen LogP contribution in [-0.4, -0.2) is 29.1 Å². The lowest BCUT2D eigenvalue weighted by molar-refractivity contribution is -0.419. The maximum absolute atomic E-state index is 11.1. The van der Waals surface area contributed by atoms with Crippen LogP contribution >= 0.6 is 0 Å². The van der Waals surface area contributed by atoms with Gasteiger partial charge < -0.3 is 14.0 Å². The van der Waals surface area contributed by atoms with Gasteiger partial charge in [0.2, 0.25) is 0 Å². The van der Waals surface area contributed by atoms with Gasteiger partial charge in [-0.1, -0.05) is 24.6 Å². The quantitative estimate of drug-likeness (QED) is 0.178. The molecule has 0 aromatic heterocycles. The third kappa shape index (κ3) is 5.77. The molecule has 0 radical (unpaired) electrons. The second-order valence-corrected chi connectivity index (χ2v) is 8.06. The highest BCUT2D eigenvalue weighted by molar-refractivity contribution is 6.62. The molecule has 0 atom stereocenters. The first-order chi connectivity index (χ1) is 13.4. The Balaban J connectivity index is 2.08. The zero-order valence-electron chi connectivity index (χ0n) is 18.2. The van der Waals surface area contributed by atoms with E-state index in [1.54, 1.807) is 19.1 Å². The van der Waals surface area contributed by atoms with Crippen molar-refractivity contribution in [3.05, 3.63) is 57.9 Å². The third-order valence-corrected chi connectivity index (χ3v) is 5.21. The van der Waals surface area contributed by atoms with E-state index in [1.165, 1.54) is 12.3 Å². The van der Waals surface area contributed by atoms with Crippen LogP contribution < -0.4 is 10.2 Å². The minimum Gasteiger partial charge on any atom is -0.443 e. The van der Waals surface area contributed by atoms with Gasteiger partial charge in [0.15, 0.2) is 5.90 Å².